The van der Waals surface area contributed by atoms with Crippen molar-refractivity contribution < 1.29 is 0 Å². The number of rotatable bonds is 0. The van der Waals surface area contributed by atoms with Crippen LogP contribution in [0.15, 0.2) is 22.7 Å². The largest absolute Gasteiger partial charge is 0.183 e. The minimum atomic E-state index is 0.858. The molecule has 1 rings (SSSR count). The van der Waals surface area contributed by atoms with Crippen molar-refractivity contribution in [3.8, 4) is 17.9 Å². The van der Waals surface area contributed by atoms with E-state index in [2.05, 4.69) is 27.8 Å². The first-order valence-electron chi connectivity index (χ1n) is 3.41. The summed E-state index contributed by atoms with van der Waals surface area (Å²) in [5, 5.41) is 8.25. The molecule has 58 valence electrons. The van der Waals surface area contributed by atoms with Crippen LogP contribution in [0, 0.1) is 30.1 Å². The van der Waals surface area contributed by atoms with Crippen molar-refractivity contribution in [3.05, 3.63) is 33.8 Å². The van der Waals surface area contributed by atoms with Gasteiger partial charge in [0.1, 0.15) is 0 Å². The molecule has 0 saturated carbocycles. The Morgan fingerprint density at radius 1 is 1.42 bits per heavy atom. The van der Waals surface area contributed by atoms with Crippen molar-refractivity contribution in [2.24, 2.45) is 0 Å². The molecule has 0 fully saturated rings. The molecule has 0 unspecified atom stereocenters. The monoisotopic (exact) mass is 219 g/mol. The first kappa shape index (κ1) is 8.84. The zero-order chi connectivity index (χ0) is 8.97. The second kappa shape index (κ2) is 3.95. The van der Waals surface area contributed by atoms with Crippen LogP contribution in [0.3, 0.4) is 0 Å². The van der Waals surface area contributed by atoms with Gasteiger partial charge in [0.2, 0.25) is 0 Å². The van der Waals surface area contributed by atoms with Crippen molar-refractivity contribution in [1.82, 2.24) is 0 Å². The van der Waals surface area contributed by atoms with Gasteiger partial charge >= 0.3 is 0 Å². The molecule has 0 radical (unpaired) electrons. The molecule has 0 spiro atoms. The Balaban J connectivity index is 3.19. The number of hydrogen-bond donors (Lipinski definition) is 0. The van der Waals surface area contributed by atoms with Gasteiger partial charge in [-0.1, -0.05) is 12.1 Å². The first-order chi connectivity index (χ1) is 5.75. The summed E-state index contributed by atoms with van der Waals surface area (Å²) in [6.45, 7) is 1.99. The molecular formula is C10H6BrN. The molecular weight excluding hydrogens is 214 g/mol. The number of hydrogen-bond acceptors (Lipinski definition) is 1. The summed E-state index contributed by atoms with van der Waals surface area (Å²) in [4.78, 5) is 0. The number of halogens is 1. The highest BCUT2D eigenvalue weighted by Gasteiger charge is 1.97. The molecule has 0 aromatic heterocycles. The highest BCUT2D eigenvalue weighted by atomic mass is 79.9. The average Bonchev–Trinajstić information content (AvgIpc) is 2.08. The van der Waals surface area contributed by atoms with Gasteiger partial charge in [-0.15, -0.1) is 0 Å². The van der Waals surface area contributed by atoms with Gasteiger partial charge in [-0.25, -0.2) is 0 Å². The van der Waals surface area contributed by atoms with Gasteiger partial charge < -0.3 is 0 Å². The summed E-state index contributed by atoms with van der Waals surface area (Å²) in [5.74, 6) is 5.10. The van der Waals surface area contributed by atoms with Gasteiger partial charge in [0, 0.05) is 16.0 Å². The van der Waals surface area contributed by atoms with Crippen LogP contribution in [-0.2, 0) is 0 Å². The van der Waals surface area contributed by atoms with E-state index in [1.165, 1.54) is 0 Å². The second-order valence-corrected chi connectivity index (χ2v) is 3.09. The lowest BCUT2D eigenvalue weighted by molar-refractivity contribution is 1.41. The molecule has 0 heterocycles. The van der Waals surface area contributed by atoms with E-state index in [-0.39, 0.29) is 0 Å². The standard InChI is InChI=1S/C10H6BrN/c1-8-4-2-5-9(10(8)11)6-3-7-12/h2,4-5H,1H3. The van der Waals surface area contributed by atoms with Crippen LogP contribution in [0.25, 0.3) is 0 Å². The van der Waals surface area contributed by atoms with Crippen molar-refractivity contribution in [1.29, 1.82) is 5.26 Å². The van der Waals surface area contributed by atoms with E-state index >= 15 is 0 Å². The highest BCUT2D eigenvalue weighted by Crippen LogP contribution is 2.19. The van der Waals surface area contributed by atoms with Gasteiger partial charge in [-0.2, -0.15) is 5.26 Å². The van der Waals surface area contributed by atoms with E-state index in [0.29, 0.717) is 0 Å². The SMILES string of the molecule is Cc1cccc(C#CC#N)c1Br. The van der Waals surface area contributed by atoms with E-state index in [0.717, 1.165) is 15.6 Å². The zero-order valence-corrected chi connectivity index (χ0v) is 8.14. The molecule has 1 aromatic rings. The second-order valence-electron chi connectivity index (χ2n) is 2.30. The molecule has 12 heavy (non-hydrogen) atoms. The fourth-order valence-corrected chi connectivity index (χ4v) is 1.20. The minimum Gasteiger partial charge on any atom is -0.183 e. The van der Waals surface area contributed by atoms with Crippen molar-refractivity contribution in [2.75, 3.05) is 0 Å². The maximum Gasteiger partial charge on any atom is 0.152 e. The highest BCUT2D eigenvalue weighted by molar-refractivity contribution is 9.10. The molecule has 0 aliphatic heterocycles. The molecule has 0 saturated heterocycles. The Labute approximate surface area is 80.2 Å². The van der Waals surface area contributed by atoms with E-state index in [9.17, 15) is 0 Å². The van der Waals surface area contributed by atoms with Gasteiger partial charge in [-0.05, 0) is 40.4 Å². The maximum absolute atomic E-state index is 8.25. The van der Waals surface area contributed by atoms with E-state index in [1.807, 2.05) is 25.1 Å². The summed E-state index contributed by atoms with van der Waals surface area (Å²) in [6, 6.07) is 7.56. The van der Waals surface area contributed by atoms with E-state index in [4.69, 9.17) is 5.26 Å². The molecule has 0 atom stereocenters. The lowest BCUT2D eigenvalue weighted by Gasteiger charge is -1.98. The lowest BCUT2D eigenvalue weighted by atomic mass is 10.1. The van der Waals surface area contributed by atoms with Gasteiger partial charge in [0.15, 0.2) is 6.07 Å². The summed E-state index contributed by atoms with van der Waals surface area (Å²) in [5.41, 5.74) is 1.98. The normalized spacial score (nSPS) is 8.08. The van der Waals surface area contributed by atoms with Crippen LogP contribution in [0.4, 0.5) is 0 Å². The Morgan fingerprint density at radius 2 is 2.17 bits per heavy atom. The summed E-state index contributed by atoms with van der Waals surface area (Å²) < 4.78 is 0.966. The van der Waals surface area contributed by atoms with Crippen LogP contribution in [0.2, 0.25) is 0 Å². The minimum absolute atomic E-state index is 0.858. The van der Waals surface area contributed by atoms with Gasteiger partial charge in [0.25, 0.3) is 0 Å². The van der Waals surface area contributed by atoms with Gasteiger partial charge in [0.05, 0.1) is 0 Å². The molecule has 0 amide bonds. The Bertz CT molecular complexity index is 391. The van der Waals surface area contributed by atoms with Crippen molar-refractivity contribution in [3.63, 3.8) is 0 Å². The third-order valence-electron chi connectivity index (χ3n) is 1.44. The quantitative estimate of drug-likeness (QED) is 0.616. The lowest BCUT2D eigenvalue weighted by Crippen LogP contribution is -1.80. The van der Waals surface area contributed by atoms with Crippen LogP contribution in [0.1, 0.15) is 11.1 Å². The number of benzene rings is 1. The summed E-state index contributed by atoms with van der Waals surface area (Å²) >= 11 is 3.40. The molecule has 1 aromatic carbocycles. The molecule has 0 aliphatic carbocycles. The van der Waals surface area contributed by atoms with Crippen molar-refractivity contribution >= 4 is 15.9 Å². The van der Waals surface area contributed by atoms with E-state index in [1.54, 1.807) is 6.07 Å². The third-order valence-corrected chi connectivity index (χ3v) is 2.50. The maximum atomic E-state index is 8.25. The molecule has 0 N–H and O–H groups in total. The summed E-state index contributed by atoms with van der Waals surface area (Å²) in [7, 11) is 0. The van der Waals surface area contributed by atoms with Gasteiger partial charge in [-0.3, -0.25) is 0 Å². The smallest absolute Gasteiger partial charge is 0.152 e. The Kier molecular flexibility index (Phi) is 2.91. The van der Waals surface area contributed by atoms with Crippen LogP contribution < -0.4 is 0 Å². The van der Waals surface area contributed by atoms with Crippen LogP contribution >= 0.6 is 15.9 Å². The molecule has 2 heteroatoms. The van der Waals surface area contributed by atoms with Crippen LogP contribution in [-0.4, -0.2) is 0 Å². The molecule has 0 aliphatic rings. The number of aryl methyl sites for hydroxylation is 1. The fraction of sp³-hybridized carbons (Fsp3) is 0.100. The fourth-order valence-electron chi connectivity index (χ4n) is 0.839. The topological polar surface area (TPSA) is 23.8 Å². The van der Waals surface area contributed by atoms with Crippen molar-refractivity contribution in [2.45, 2.75) is 6.92 Å². The zero-order valence-electron chi connectivity index (χ0n) is 6.56. The number of nitrogens with zero attached hydrogens (tertiary/aromatic N) is 1. The molecule has 1 nitrogen and oxygen atoms in total. The Morgan fingerprint density at radius 3 is 2.83 bits per heavy atom. The Hall–Kier alpha value is -1.25. The predicted molar refractivity (Wildman–Crippen MR) is 51.4 cm³/mol. The first-order valence-corrected chi connectivity index (χ1v) is 4.20. The van der Waals surface area contributed by atoms with E-state index < -0.39 is 0 Å². The predicted octanol–water partition coefficient (Wildman–Crippen LogP) is 2.63. The average molecular weight is 220 g/mol. The third kappa shape index (κ3) is 1.87. The molecule has 0 bridgehead atoms. The summed E-state index contributed by atoms with van der Waals surface area (Å²) in [6.07, 6.45) is 0. The number of nitriles is 1. The van der Waals surface area contributed by atoms with Crippen LogP contribution in [0.5, 0.6) is 0 Å².